The molecule has 3 heteroatoms. The van der Waals surface area contributed by atoms with Gasteiger partial charge in [0.05, 0.1) is 6.10 Å². The summed E-state index contributed by atoms with van der Waals surface area (Å²) in [6, 6.07) is 3.44. The van der Waals surface area contributed by atoms with E-state index in [2.05, 4.69) is 4.98 Å². The van der Waals surface area contributed by atoms with Gasteiger partial charge in [-0.1, -0.05) is 0 Å². The second kappa shape index (κ2) is 3.23. The largest absolute Gasteiger partial charge is 0.475 e. The zero-order chi connectivity index (χ0) is 8.27. The van der Waals surface area contributed by atoms with Crippen LogP contribution in [0.4, 0.5) is 5.69 Å². The van der Waals surface area contributed by atoms with Gasteiger partial charge in [0.2, 0.25) is 5.88 Å². The molecule has 1 aromatic rings. The average Bonchev–Trinajstić information content (AvgIpc) is 1.85. The molecule has 0 amide bonds. The number of pyridine rings is 1. The number of ether oxygens (including phenoxy) is 1. The molecule has 2 N–H and O–H groups in total. The third-order valence-corrected chi connectivity index (χ3v) is 1.12. The fourth-order valence-corrected chi connectivity index (χ4v) is 0.731. The third-order valence-electron chi connectivity index (χ3n) is 1.12. The zero-order valence-corrected chi connectivity index (χ0v) is 6.74. The van der Waals surface area contributed by atoms with Gasteiger partial charge < -0.3 is 10.5 Å². The first-order valence-electron chi connectivity index (χ1n) is 3.56. The standard InChI is InChI=1S/C8H12N2O/c1-6(2)11-8-5-7(9)3-4-10-8/h3-6H,1-2H3,(H2,9,10). The van der Waals surface area contributed by atoms with Crippen molar-refractivity contribution in [3.05, 3.63) is 18.3 Å². The molecule has 0 aliphatic rings. The fourth-order valence-electron chi connectivity index (χ4n) is 0.731. The summed E-state index contributed by atoms with van der Waals surface area (Å²) in [6.07, 6.45) is 1.77. The molecule has 0 unspecified atom stereocenters. The lowest BCUT2D eigenvalue weighted by Crippen LogP contribution is -2.06. The first-order chi connectivity index (χ1) is 5.18. The topological polar surface area (TPSA) is 48.1 Å². The van der Waals surface area contributed by atoms with E-state index in [1.165, 1.54) is 0 Å². The highest BCUT2D eigenvalue weighted by molar-refractivity contribution is 5.39. The van der Waals surface area contributed by atoms with Crippen LogP contribution >= 0.6 is 0 Å². The molecule has 0 aliphatic heterocycles. The molecule has 0 bridgehead atoms. The van der Waals surface area contributed by atoms with Gasteiger partial charge in [-0.25, -0.2) is 4.98 Å². The molecule has 1 rings (SSSR count). The second-order valence-electron chi connectivity index (χ2n) is 2.59. The van der Waals surface area contributed by atoms with Crippen molar-refractivity contribution in [3.63, 3.8) is 0 Å². The summed E-state index contributed by atoms with van der Waals surface area (Å²) >= 11 is 0. The fraction of sp³-hybridized carbons (Fsp3) is 0.375. The summed E-state index contributed by atoms with van der Waals surface area (Å²) in [4.78, 5) is 3.98. The number of anilines is 1. The van der Waals surface area contributed by atoms with Crippen molar-refractivity contribution in [1.82, 2.24) is 4.98 Å². The van der Waals surface area contributed by atoms with E-state index in [-0.39, 0.29) is 6.10 Å². The molecule has 0 radical (unpaired) electrons. The molecular formula is C8H12N2O. The van der Waals surface area contributed by atoms with Gasteiger partial charge in [-0.05, 0) is 19.9 Å². The van der Waals surface area contributed by atoms with Crippen LogP contribution in [0.1, 0.15) is 13.8 Å². The summed E-state index contributed by atoms with van der Waals surface area (Å²) in [5.74, 6) is 0.583. The van der Waals surface area contributed by atoms with Crippen LogP contribution in [0.25, 0.3) is 0 Å². The van der Waals surface area contributed by atoms with E-state index >= 15 is 0 Å². The Morgan fingerprint density at radius 2 is 2.27 bits per heavy atom. The summed E-state index contributed by atoms with van der Waals surface area (Å²) in [5.41, 5.74) is 6.19. The van der Waals surface area contributed by atoms with E-state index in [1.54, 1.807) is 18.3 Å². The van der Waals surface area contributed by atoms with Crippen LogP contribution in [0.3, 0.4) is 0 Å². The molecule has 0 saturated carbocycles. The minimum absolute atomic E-state index is 0.143. The van der Waals surface area contributed by atoms with Crippen molar-refractivity contribution in [1.29, 1.82) is 0 Å². The lowest BCUT2D eigenvalue weighted by Gasteiger charge is -2.07. The van der Waals surface area contributed by atoms with Crippen LogP contribution in [0.15, 0.2) is 18.3 Å². The Labute approximate surface area is 66.2 Å². The average molecular weight is 152 g/mol. The summed E-state index contributed by atoms with van der Waals surface area (Å²) < 4.78 is 5.30. The van der Waals surface area contributed by atoms with E-state index in [4.69, 9.17) is 10.5 Å². The quantitative estimate of drug-likeness (QED) is 0.697. The Kier molecular flexibility index (Phi) is 2.31. The number of rotatable bonds is 2. The van der Waals surface area contributed by atoms with Gasteiger partial charge in [0, 0.05) is 18.0 Å². The van der Waals surface area contributed by atoms with Crippen LogP contribution in [0.5, 0.6) is 5.88 Å². The normalized spacial score (nSPS) is 10.1. The number of hydrogen-bond acceptors (Lipinski definition) is 3. The zero-order valence-electron chi connectivity index (χ0n) is 6.74. The molecule has 0 aromatic carbocycles. The summed E-state index contributed by atoms with van der Waals surface area (Å²) in [6.45, 7) is 3.90. The number of nitrogens with zero attached hydrogens (tertiary/aromatic N) is 1. The first-order valence-corrected chi connectivity index (χ1v) is 3.56. The van der Waals surface area contributed by atoms with Gasteiger partial charge >= 0.3 is 0 Å². The van der Waals surface area contributed by atoms with E-state index in [9.17, 15) is 0 Å². The van der Waals surface area contributed by atoms with Crippen LogP contribution < -0.4 is 10.5 Å². The van der Waals surface area contributed by atoms with E-state index in [1.807, 2.05) is 13.8 Å². The van der Waals surface area contributed by atoms with Crippen molar-refractivity contribution in [2.75, 3.05) is 5.73 Å². The molecule has 3 nitrogen and oxygen atoms in total. The highest BCUT2D eigenvalue weighted by Crippen LogP contribution is 2.11. The minimum Gasteiger partial charge on any atom is -0.475 e. The second-order valence-corrected chi connectivity index (χ2v) is 2.59. The first kappa shape index (κ1) is 7.85. The van der Waals surface area contributed by atoms with Crippen molar-refractivity contribution in [2.45, 2.75) is 20.0 Å². The van der Waals surface area contributed by atoms with Gasteiger partial charge in [-0.3, -0.25) is 0 Å². The maximum Gasteiger partial charge on any atom is 0.215 e. The number of aromatic nitrogens is 1. The van der Waals surface area contributed by atoms with Crippen molar-refractivity contribution in [3.8, 4) is 5.88 Å². The van der Waals surface area contributed by atoms with E-state index < -0.39 is 0 Å². The van der Waals surface area contributed by atoms with Crippen LogP contribution in [-0.4, -0.2) is 11.1 Å². The van der Waals surface area contributed by atoms with Crippen molar-refractivity contribution in [2.24, 2.45) is 0 Å². The Morgan fingerprint density at radius 1 is 1.55 bits per heavy atom. The van der Waals surface area contributed by atoms with Gasteiger partial charge in [0.25, 0.3) is 0 Å². The van der Waals surface area contributed by atoms with Crippen LogP contribution in [-0.2, 0) is 0 Å². The molecule has 1 aromatic heterocycles. The molecular weight excluding hydrogens is 140 g/mol. The number of nitrogens with two attached hydrogens (primary N) is 1. The molecule has 1 heterocycles. The number of nitrogen functional groups attached to an aromatic ring is 1. The number of hydrogen-bond donors (Lipinski definition) is 1. The maximum atomic E-state index is 5.51. The van der Waals surface area contributed by atoms with Crippen molar-refractivity contribution < 1.29 is 4.74 Å². The van der Waals surface area contributed by atoms with E-state index in [0.29, 0.717) is 11.6 Å². The smallest absolute Gasteiger partial charge is 0.215 e. The lowest BCUT2D eigenvalue weighted by molar-refractivity contribution is 0.233. The SMILES string of the molecule is CC(C)Oc1cc(N)ccn1. The molecule has 0 saturated heterocycles. The predicted octanol–water partition coefficient (Wildman–Crippen LogP) is 1.45. The Morgan fingerprint density at radius 3 is 2.82 bits per heavy atom. The van der Waals surface area contributed by atoms with E-state index in [0.717, 1.165) is 0 Å². The molecule has 0 spiro atoms. The molecule has 0 aliphatic carbocycles. The molecule has 11 heavy (non-hydrogen) atoms. The molecule has 0 atom stereocenters. The van der Waals surface area contributed by atoms with Crippen LogP contribution in [0.2, 0.25) is 0 Å². The maximum absolute atomic E-state index is 5.51. The summed E-state index contributed by atoms with van der Waals surface area (Å²) in [5, 5.41) is 0. The van der Waals surface area contributed by atoms with Crippen LogP contribution in [0, 0.1) is 0 Å². The summed E-state index contributed by atoms with van der Waals surface area (Å²) in [7, 11) is 0. The predicted molar refractivity (Wildman–Crippen MR) is 44.4 cm³/mol. The Hall–Kier alpha value is -1.25. The lowest BCUT2D eigenvalue weighted by atomic mass is 10.4. The van der Waals surface area contributed by atoms with Gasteiger partial charge in [-0.15, -0.1) is 0 Å². The highest BCUT2D eigenvalue weighted by atomic mass is 16.5. The molecule has 0 fully saturated rings. The Bertz CT molecular complexity index is 235. The van der Waals surface area contributed by atoms with Crippen molar-refractivity contribution >= 4 is 5.69 Å². The van der Waals surface area contributed by atoms with Gasteiger partial charge in [-0.2, -0.15) is 0 Å². The van der Waals surface area contributed by atoms with Gasteiger partial charge in [0.1, 0.15) is 0 Å². The third kappa shape index (κ3) is 2.45. The highest BCUT2D eigenvalue weighted by Gasteiger charge is 1.97. The minimum atomic E-state index is 0.143. The molecule has 60 valence electrons. The Balaban J connectivity index is 2.71. The van der Waals surface area contributed by atoms with Gasteiger partial charge in [0.15, 0.2) is 0 Å². The monoisotopic (exact) mass is 152 g/mol.